The molecule has 2 unspecified atom stereocenters. The van der Waals surface area contributed by atoms with E-state index in [4.69, 9.17) is 0 Å². The molecule has 1 heteroatoms. The first-order valence-corrected chi connectivity index (χ1v) is 7.28. The molecule has 0 spiro atoms. The summed E-state index contributed by atoms with van der Waals surface area (Å²) in [6.45, 7) is 4.16. The van der Waals surface area contributed by atoms with Gasteiger partial charge in [0.25, 0.3) is 0 Å². The van der Waals surface area contributed by atoms with Crippen LogP contribution < -0.4 is 0 Å². The van der Waals surface area contributed by atoms with Gasteiger partial charge in [-0.15, -0.1) is 0 Å². The number of carbonyl (C=O) groups excluding carboxylic acids is 1. The van der Waals surface area contributed by atoms with Crippen LogP contribution in [0, 0.1) is 5.41 Å². The van der Waals surface area contributed by atoms with Gasteiger partial charge in [-0.25, -0.2) is 0 Å². The van der Waals surface area contributed by atoms with Crippen molar-refractivity contribution < 1.29 is 4.79 Å². The van der Waals surface area contributed by atoms with Crippen LogP contribution in [0.4, 0.5) is 0 Å². The van der Waals surface area contributed by atoms with E-state index >= 15 is 0 Å². The van der Waals surface area contributed by atoms with E-state index in [1.54, 1.807) is 0 Å². The van der Waals surface area contributed by atoms with Crippen molar-refractivity contribution >= 4 is 12.4 Å². The normalized spacial score (nSPS) is 23.1. The predicted octanol–water partition coefficient (Wildman–Crippen LogP) is 4.91. The lowest BCUT2D eigenvalue weighted by atomic mass is 9.78. The van der Waals surface area contributed by atoms with Gasteiger partial charge in [-0.05, 0) is 24.0 Å². The van der Waals surface area contributed by atoms with Crippen LogP contribution in [-0.2, 0) is 4.79 Å². The third kappa shape index (κ3) is 3.16. The SMILES string of the molecule is CCC1(C=Cc2ccccc2C(C)C=O)C=CC=CC1. The molecule has 0 bridgehead atoms. The maximum Gasteiger partial charge on any atom is 0.127 e. The van der Waals surface area contributed by atoms with Crippen molar-refractivity contribution in [2.45, 2.75) is 32.6 Å². The monoisotopic (exact) mass is 266 g/mol. The van der Waals surface area contributed by atoms with Crippen molar-refractivity contribution in [2.24, 2.45) is 5.41 Å². The van der Waals surface area contributed by atoms with Crippen LogP contribution >= 0.6 is 0 Å². The Labute approximate surface area is 121 Å². The molecule has 1 aromatic rings. The molecule has 1 aliphatic carbocycles. The number of hydrogen-bond acceptors (Lipinski definition) is 1. The first kappa shape index (κ1) is 14.5. The fraction of sp³-hybridized carbons (Fsp3) is 0.316. The van der Waals surface area contributed by atoms with Gasteiger partial charge in [0.1, 0.15) is 6.29 Å². The number of hydrogen-bond donors (Lipinski definition) is 0. The molecule has 0 saturated heterocycles. The van der Waals surface area contributed by atoms with Gasteiger partial charge in [0.05, 0.1) is 0 Å². The Morgan fingerprint density at radius 2 is 2.10 bits per heavy atom. The first-order valence-electron chi connectivity index (χ1n) is 7.28. The van der Waals surface area contributed by atoms with Crippen molar-refractivity contribution in [1.82, 2.24) is 0 Å². The summed E-state index contributed by atoms with van der Waals surface area (Å²) < 4.78 is 0. The second-order valence-electron chi connectivity index (χ2n) is 5.47. The average molecular weight is 266 g/mol. The summed E-state index contributed by atoms with van der Waals surface area (Å²) in [7, 11) is 0. The van der Waals surface area contributed by atoms with Gasteiger partial charge in [-0.1, -0.05) is 74.6 Å². The predicted molar refractivity (Wildman–Crippen MR) is 85.6 cm³/mol. The van der Waals surface area contributed by atoms with Crippen molar-refractivity contribution in [3.63, 3.8) is 0 Å². The molecule has 0 aliphatic heterocycles. The highest BCUT2D eigenvalue weighted by Crippen LogP contribution is 2.34. The number of carbonyl (C=O) groups is 1. The lowest BCUT2D eigenvalue weighted by molar-refractivity contribution is -0.108. The van der Waals surface area contributed by atoms with Gasteiger partial charge >= 0.3 is 0 Å². The molecule has 20 heavy (non-hydrogen) atoms. The minimum Gasteiger partial charge on any atom is -0.303 e. The summed E-state index contributed by atoms with van der Waals surface area (Å²) in [6, 6.07) is 8.13. The lowest BCUT2D eigenvalue weighted by Gasteiger charge is -2.26. The molecule has 0 amide bonds. The third-order valence-electron chi connectivity index (χ3n) is 4.12. The average Bonchev–Trinajstić information content (AvgIpc) is 2.53. The van der Waals surface area contributed by atoms with Crippen LogP contribution in [0.5, 0.6) is 0 Å². The molecular formula is C19H22O. The van der Waals surface area contributed by atoms with Gasteiger partial charge in [0.15, 0.2) is 0 Å². The lowest BCUT2D eigenvalue weighted by Crippen LogP contribution is -2.14. The van der Waals surface area contributed by atoms with E-state index in [1.165, 1.54) is 0 Å². The zero-order valence-corrected chi connectivity index (χ0v) is 12.3. The Morgan fingerprint density at radius 1 is 1.30 bits per heavy atom. The standard InChI is InChI=1S/C19H22O/c1-3-19(12-7-4-8-13-19)14-11-17-9-5-6-10-18(17)16(2)15-20/h4-12,14-16H,3,13H2,1-2H3. The Kier molecular flexibility index (Phi) is 4.73. The quantitative estimate of drug-likeness (QED) is 0.692. The second kappa shape index (κ2) is 6.51. The highest BCUT2D eigenvalue weighted by Gasteiger charge is 2.21. The van der Waals surface area contributed by atoms with E-state index in [0.717, 1.165) is 30.3 Å². The maximum absolute atomic E-state index is 11.0. The summed E-state index contributed by atoms with van der Waals surface area (Å²) in [5, 5.41) is 0. The molecule has 1 nitrogen and oxygen atoms in total. The largest absolute Gasteiger partial charge is 0.303 e. The van der Waals surface area contributed by atoms with E-state index in [9.17, 15) is 4.79 Å². The first-order chi connectivity index (χ1) is 9.71. The van der Waals surface area contributed by atoms with Crippen molar-refractivity contribution in [3.05, 3.63) is 65.8 Å². The summed E-state index contributed by atoms with van der Waals surface area (Å²) in [5.41, 5.74) is 2.36. The topological polar surface area (TPSA) is 17.1 Å². The molecular weight excluding hydrogens is 244 g/mol. The zero-order valence-electron chi connectivity index (χ0n) is 12.3. The molecule has 0 heterocycles. The molecule has 0 radical (unpaired) electrons. The summed E-state index contributed by atoms with van der Waals surface area (Å²) in [6.07, 6.45) is 16.3. The van der Waals surface area contributed by atoms with Crippen LogP contribution in [0.25, 0.3) is 6.08 Å². The second-order valence-corrected chi connectivity index (χ2v) is 5.47. The van der Waals surface area contributed by atoms with Crippen LogP contribution in [0.2, 0.25) is 0 Å². The van der Waals surface area contributed by atoms with Gasteiger partial charge in [-0.3, -0.25) is 0 Å². The third-order valence-corrected chi connectivity index (χ3v) is 4.12. The summed E-state index contributed by atoms with van der Waals surface area (Å²) >= 11 is 0. The fourth-order valence-corrected chi connectivity index (χ4v) is 2.59. The summed E-state index contributed by atoms with van der Waals surface area (Å²) in [5.74, 6) is -0.0600. The fourth-order valence-electron chi connectivity index (χ4n) is 2.59. The van der Waals surface area contributed by atoms with Gasteiger partial charge < -0.3 is 4.79 Å². The Hall–Kier alpha value is -1.89. The van der Waals surface area contributed by atoms with Crippen molar-refractivity contribution in [3.8, 4) is 0 Å². The number of aldehydes is 1. The summed E-state index contributed by atoms with van der Waals surface area (Å²) in [4.78, 5) is 11.0. The number of benzene rings is 1. The van der Waals surface area contributed by atoms with Gasteiger partial charge in [0.2, 0.25) is 0 Å². The highest BCUT2D eigenvalue weighted by atomic mass is 16.1. The molecule has 1 aromatic carbocycles. The van der Waals surface area contributed by atoms with Crippen molar-refractivity contribution in [1.29, 1.82) is 0 Å². The van der Waals surface area contributed by atoms with E-state index in [-0.39, 0.29) is 11.3 Å². The molecule has 0 fully saturated rings. The number of rotatable bonds is 5. The molecule has 2 atom stereocenters. The zero-order chi connectivity index (χ0) is 14.4. The van der Waals surface area contributed by atoms with E-state index < -0.39 is 0 Å². The van der Waals surface area contributed by atoms with Gasteiger partial charge in [0, 0.05) is 11.3 Å². The minimum atomic E-state index is -0.0600. The van der Waals surface area contributed by atoms with Crippen LogP contribution in [0.15, 0.2) is 54.6 Å². The number of allylic oxidation sites excluding steroid dienone is 5. The molecule has 0 saturated carbocycles. The van der Waals surface area contributed by atoms with Crippen LogP contribution in [0.1, 0.15) is 43.7 Å². The van der Waals surface area contributed by atoms with Crippen LogP contribution in [-0.4, -0.2) is 6.29 Å². The van der Waals surface area contributed by atoms with E-state index in [1.807, 2.05) is 25.1 Å². The Bertz CT molecular complexity index is 551. The van der Waals surface area contributed by atoms with Crippen LogP contribution in [0.3, 0.4) is 0 Å². The maximum atomic E-state index is 11.0. The highest BCUT2D eigenvalue weighted by molar-refractivity contribution is 5.67. The molecule has 1 aliphatic rings. The minimum absolute atomic E-state index is 0.0600. The molecule has 2 rings (SSSR count). The smallest absolute Gasteiger partial charge is 0.127 e. The van der Waals surface area contributed by atoms with Crippen molar-refractivity contribution in [2.75, 3.05) is 0 Å². The van der Waals surface area contributed by atoms with E-state index in [0.29, 0.717) is 0 Å². The molecule has 0 aromatic heterocycles. The Morgan fingerprint density at radius 3 is 2.75 bits per heavy atom. The Balaban J connectivity index is 2.29. The molecule has 104 valence electrons. The van der Waals surface area contributed by atoms with Gasteiger partial charge in [-0.2, -0.15) is 0 Å². The molecule has 0 N–H and O–H groups in total. The van der Waals surface area contributed by atoms with E-state index in [2.05, 4.69) is 49.4 Å².